The van der Waals surface area contributed by atoms with Gasteiger partial charge >= 0.3 is 5.97 Å². The Morgan fingerprint density at radius 1 is 1.79 bits per heavy atom. The average molecular weight is 195 g/mol. The second-order valence-corrected chi connectivity index (χ2v) is 3.72. The van der Waals surface area contributed by atoms with E-state index in [9.17, 15) is 4.79 Å². The zero-order chi connectivity index (χ0) is 10.2. The Labute approximate surface area is 81.7 Å². The van der Waals surface area contributed by atoms with Gasteiger partial charge in [-0.15, -0.1) is 0 Å². The molecule has 2 N–H and O–H groups in total. The van der Waals surface area contributed by atoms with Crippen molar-refractivity contribution in [3.8, 4) is 0 Å². The van der Waals surface area contributed by atoms with E-state index >= 15 is 0 Å². The summed E-state index contributed by atoms with van der Waals surface area (Å²) in [6.07, 6.45) is 3.28. The van der Waals surface area contributed by atoms with E-state index < -0.39 is 11.5 Å². The molecule has 0 saturated heterocycles. The maximum Gasteiger partial charge on any atom is 0.323 e. The summed E-state index contributed by atoms with van der Waals surface area (Å²) < 4.78 is 1.71. The van der Waals surface area contributed by atoms with E-state index in [1.807, 2.05) is 19.3 Å². The Morgan fingerprint density at radius 3 is 2.93 bits per heavy atom. The molecule has 0 amide bonds. The molecule has 0 spiro atoms. The lowest BCUT2D eigenvalue weighted by Crippen LogP contribution is -2.38. The van der Waals surface area contributed by atoms with Crippen molar-refractivity contribution in [2.45, 2.75) is 24.9 Å². The minimum absolute atomic E-state index is 0.521. The Bertz CT molecular complexity index is 355. The number of hydrogen-bond acceptors (Lipinski definition) is 3. The predicted octanol–water partition coefficient (Wildman–Crippen LogP) is 0.127. The molecule has 1 aromatic heterocycles. The number of nitrogens with one attached hydrogen (secondary N) is 1. The third kappa shape index (κ3) is 1.63. The van der Waals surface area contributed by atoms with Crippen LogP contribution >= 0.6 is 0 Å². The zero-order valence-electron chi connectivity index (χ0n) is 8.03. The summed E-state index contributed by atoms with van der Waals surface area (Å²) in [6.45, 7) is 0.521. The SMILES string of the molecule is Cn1ccc(CNC2(C(=O)O)CC2)n1. The number of carbonyl (C=O) groups is 1. The number of aromatic nitrogens is 2. The molecule has 0 aliphatic heterocycles. The van der Waals surface area contributed by atoms with Crippen LogP contribution in [0.15, 0.2) is 12.3 Å². The van der Waals surface area contributed by atoms with Crippen molar-refractivity contribution in [2.24, 2.45) is 7.05 Å². The summed E-state index contributed by atoms with van der Waals surface area (Å²) >= 11 is 0. The van der Waals surface area contributed by atoms with E-state index in [0.29, 0.717) is 6.54 Å². The molecule has 14 heavy (non-hydrogen) atoms. The van der Waals surface area contributed by atoms with Crippen molar-refractivity contribution in [2.75, 3.05) is 0 Å². The molecular formula is C9H13N3O2. The van der Waals surface area contributed by atoms with Gasteiger partial charge in [-0.25, -0.2) is 0 Å². The number of carboxylic acid groups (broad SMARTS) is 1. The van der Waals surface area contributed by atoms with Crippen molar-refractivity contribution in [1.29, 1.82) is 0 Å². The van der Waals surface area contributed by atoms with Gasteiger partial charge in [-0.2, -0.15) is 5.10 Å². The van der Waals surface area contributed by atoms with Crippen LogP contribution in [-0.4, -0.2) is 26.4 Å². The van der Waals surface area contributed by atoms with Gasteiger partial charge in [0, 0.05) is 19.8 Å². The van der Waals surface area contributed by atoms with Crippen LogP contribution < -0.4 is 5.32 Å². The lowest BCUT2D eigenvalue weighted by molar-refractivity contribution is -0.140. The molecule has 0 atom stereocenters. The van der Waals surface area contributed by atoms with E-state index in [4.69, 9.17) is 5.11 Å². The molecule has 1 aromatic rings. The largest absolute Gasteiger partial charge is 0.480 e. The average Bonchev–Trinajstić information content (AvgIpc) is 2.82. The van der Waals surface area contributed by atoms with Crippen molar-refractivity contribution in [3.05, 3.63) is 18.0 Å². The molecule has 0 bridgehead atoms. The fraction of sp³-hybridized carbons (Fsp3) is 0.556. The first-order chi connectivity index (χ1) is 6.62. The number of hydrogen-bond donors (Lipinski definition) is 2. The molecule has 5 nitrogen and oxygen atoms in total. The van der Waals surface area contributed by atoms with Crippen molar-refractivity contribution in [1.82, 2.24) is 15.1 Å². The molecule has 2 rings (SSSR count). The summed E-state index contributed by atoms with van der Waals surface area (Å²) in [7, 11) is 1.84. The minimum Gasteiger partial charge on any atom is -0.480 e. The summed E-state index contributed by atoms with van der Waals surface area (Å²) in [5.41, 5.74) is 0.206. The van der Waals surface area contributed by atoms with Gasteiger partial charge in [0.2, 0.25) is 0 Å². The Kier molecular flexibility index (Phi) is 2.03. The van der Waals surface area contributed by atoms with E-state index in [1.54, 1.807) is 4.68 Å². The van der Waals surface area contributed by atoms with Gasteiger partial charge in [-0.1, -0.05) is 0 Å². The summed E-state index contributed by atoms with van der Waals surface area (Å²) in [4.78, 5) is 10.8. The molecular weight excluding hydrogens is 182 g/mol. The number of aliphatic carboxylic acids is 1. The lowest BCUT2D eigenvalue weighted by Gasteiger charge is -2.10. The van der Waals surface area contributed by atoms with E-state index in [2.05, 4.69) is 10.4 Å². The van der Waals surface area contributed by atoms with Gasteiger partial charge in [-0.3, -0.25) is 14.8 Å². The molecule has 0 radical (unpaired) electrons. The Hall–Kier alpha value is -1.36. The molecule has 1 saturated carbocycles. The second-order valence-electron chi connectivity index (χ2n) is 3.72. The molecule has 0 unspecified atom stereocenters. The Morgan fingerprint density at radius 2 is 2.50 bits per heavy atom. The zero-order valence-corrected chi connectivity index (χ0v) is 8.03. The molecule has 1 aliphatic carbocycles. The van der Waals surface area contributed by atoms with Crippen LogP contribution in [0.4, 0.5) is 0 Å². The first kappa shape index (κ1) is 9.21. The van der Waals surface area contributed by atoms with E-state index in [0.717, 1.165) is 18.5 Å². The normalized spacial score (nSPS) is 18.1. The van der Waals surface area contributed by atoms with Crippen LogP contribution in [0.5, 0.6) is 0 Å². The molecule has 1 aliphatic rings. The van der Waals surface area contributed by atoms with Crippen molar-refractivity contribution >= 4 is 5.97 Å². The predicted molar refractivity (Wildman–Crippen MR) is 49.6 cm³/mol. The summed E-state index contributed by atoms with van der Waals surface area (Å²) in [5.74, 6) is -0.756. The third-order valence-electron chi connectivity index (χ3n) is 2.54. The first-order valence-corrected chi connectivity index (χ1v) is 4.59. The van der Waals surface area contributed by atoms with Crippen LogP contribution in [0.2, 0.25) is 0 Å². The fourth-order valence-corrected chi connectivity index (χ4v) is 1.41. The van der Waals surface area contributed by atoms with Gasteiger partial charge in [-0.05, 0) is 18.9 Å². The van der Waals surface area contributed by atoms with Crippen LogP contribution in [0.25, 0.3) is 0 Å². The molecule has 76 valence electrons. The fourth-order valence-electron chi connectivity index (χ4n) is 1.41. The van der Waals surface area contributed by atoms with E-state index in [-0.39, 0.29) is 0 Å². The van der Waals surface area contributed by atoms with E-state index in [1.165, 1.54) is 0 Å². The molecule has 1 fully saturated rings. The van der Waals surface area contributed by atoms with Gasteiger partial charge in [0.15, 0.2) is 0 Å². The smallest absolute Gasteiger partial charge is 0.323 e. The summed E-state index contributed by atoms with van der Waals surface area (Å²) in [5, 5.41) is 16.1. The van der Waals surface area contributed by atoms with Crippen molar-refractivity contribution in [3.63, 3.8) is 0 Å². The maximum atomic E-state index is 10.8. The van der Waals surface area contributed by atoms with Crippen LogP contribution in [0, 0.1) is 0 Å². The minimum atomic E-state index is -0.756. The highest BCUT2D eigenvalue weighted by atomic mass is 16.4. The monoisotopic (exact) mass is 195 g/mol. The highest BCUT2D eigenvalue weighted by Crippen LogP contribution is 2.35. The standard InChI is InChI=1S/C9H13N3O2/c1-12-5-2-7(11-12)6-10-9(3-4-9)8(13)14/h2,5,10H,3-4,6H2,1H3,(H,13,14). The maximum absolute atomic E-state index is 10.8. The van der Waals surface area contributed by atoms with Gasteiger partial charge in [0.05, 0.1) is 5.69 Å². The van der Waals surface area contributed by atoms with Crippen LogP contribution in [0.3, 0.4) is 0 Å². The Balaban J connectivity index is 1.92. The third-order valence-corrected chi connectivity index (χ3v) is 2.54. The highest BCUT2D eigenvalue weighted by molar-refractivity contribution is 5.82. The number of aryl methyl sites for hydroxylation is 1. The lowest BCUT2D eigenvalue weighted by atomic mass is 10.2. The number of rotatable bonds is 4. The number of nitrogens with zero attached hydrogens (tertiary/aromatic N) is 2. The topological polar surface area (TPSA) is 67.2 Å². The second kappa shape index (κ2) is 3.09. The van der Waals surface area contributed by atoms with Gasteiger partial charge < -0.3 is 5.11 Å². The van der Waals surface area contributed by atoms with Crippen molar-refractivity contribution < 1.29 is 9.90 Å². The molecule has 5 heteroatoms. The molecule has 0 aromatic carbocycles. The first-order valence-electron chi connectivity index (χ1n) is 4.59. The quantitative estimate of drug-likeness (QED) is 0.716. The van der Waals surface area contributed by atoms with Gasteiger partial charge in [0.25, 0.3) is 0 Å². The van der Waals surface area contributed by atoms with Gasteiger partial charge in [0.1, 0.15) is 5.54 Å². The van der Waals surface area contributed by atoms with Crippen LogP contribution in [0.1, 0.15) is 18.5 Å². The van der Waals surface area contributed by atoms with Crippen LogP contribution in [-0.2, 0) is 18.4 Å². The molecule has 1 heterocycles. The highest BCUT2D eigenvalue weighted by Gasteiger charge is 2.49. The summed E-state index contributed by atoms with van der Waals surface area (Å²) in [6, 6.07) is 1.88. The number of carboxylic acids is 1.